The first kappa shape index (κ1) is 22.7. The van der Waals surface area contributed by atoms with E-state index in [0.717, 1.165) is 8.66 Å². The third-order valence-corrected chi connectivity index (χ3v) is 6.49. The molecule has 3 heterocycles. The zero-order valence-electron chi connectivity index (χ0n) is 17.7. The highest BCUT2D eigenvalue weighted by molar-refractivity contribution is 9.11. The average Bonchev–Trinajstić information content (AvgIpc) is 3.53. The molecule has 2 atom stereocenters. The van der Waals surface area contributed by atoms with Crippen molar-refractivity contribution in [2.24, 2.45) is 0 Å². The number of nitrogens with zero attached hydrogens (tertiary/aromatic N) is 4. The lowest BCUT2D eigenvalue weighted by Gasteiger charge is -2.26. The van der Waals surface area contributed by atoms with Gasteiger partial charge in [0, 0.05) is 31.9 Å². The van der Waals surface area contributed by atoms with E-state index < -0.39 is 5.79 Å². The fourth-order valence-electron chi connectivity index (χ4n) is 3.20. The van der Waals surface area contributed by atoms with Gasteiger partial charge in [0.15, 0.2) is 5.78 Å². The van der Waals surface area contributed by atoms with Crippen LogP contribution < -0.4 is 4.74 Å². The van der Waals surface area contributed by atoms with E-state index in [2.05, 4.69) is 26.0 Å². The molecular formula is C22H23BrN4O4S. The molecule has 1 aliphatic rings. The molecule has 1 saturated heterocycles. The number of rotatable bonds is 9. The number of allylic oxidation sites excluding steroid dienone is 1. The van der Waals surface area contributed by atoms with Crippen LogP contribution in [0.2, 0.25) is 0 Å². The number of thiophene rings is 1. The van der Waals surface area contributed by atoms with E-state index in [4.69, 9.17) is 14.2 Å². The number of ketones is 1. The van der Waals surface area contributed by atoms with Crippen molar-refractivity contribution in [2.45, 2.75) is 18.4 Å². The van der Waals surface area contributed by atoms with Gasteiger partial charge in [0.1, 0.15) is 37.7 Å². The first-order chi connectivity index (χ1) is 15.4. The van der Waals surface area contributed by atoms with E-state index in [1.807, 2.05) is 31.1 Å². The molecule has 0 N–H and O–H groups in total. The Labute approximate surface area is 198 Å². The SMILES string of the molecule is CN(C)/C=C/C(=O)c1ccc(OCC2COC(Cn3cncn3)(c3ccc(Br)s3)O2)cc1. The van der Waals surface area contributed by atoms with Gasteiger partial charge >= 0.3 is 0 Å². The van der Waals surface area contributed by atoms with E-state index in [9.17, 15) is 4.79 Å². The second-order valence-corrected chi connectivity index (χ2v) is 9.94. The third kappa shape index (κ3) is 5.44. The molecule has 1 aromatic carbocycles. The summed E-state index contributed by atoms with van der Waals surface area (Å²) in [6.45, 7) is 1.09. The smallest absolute Gasteiger partial charge is 0.225 e. The third-order valence-electron chi connectivity index (χ3n) is 4.74. The van der Waals surface area contributed by atoms with Crippen LogP contribution in [0.3, 0.4) is 0 Å². The van der Waals surface area contributed by atoms with Crippen molar-refractivity contribution in [3.05, 3.63) is 75.6 Å². The molecule has 4 rings (SSSR count). The van der Waals surface area contributed by atoms with E-state index >= 15 is 0 Å². The Morgan fingerprint density at radius 1 is 1.34 bits per heavy atom. The average molecular weight is 519 g/mol. The van der Waals surface area contributed by atoms with Crippen molar-refractivity contribution in [1.29, 1.82) is 0 Å². The van der Waals surface area contributed by atoms with E-state index in [0.29, 0.717) is 31.1 Å². The molecule has 0 amide bonds. The molecule has 8 nitrogen and oxygen atoms in total. The Balaban J connectivity index is 1.39. The molecule has 0 saturated carbocycles. The van der Waals surface area contributed by atoms with Crippen molar-refractivity contribution in [1.82, 2.24) is 19.7 Å². The first-order valence-electron chi connectivity index (χ1n) is 9.95. The summed E-state index contributed by atoms with van der Waals surface area (Å²) in [5, 5.41) is 4.19. The minimum absolute atomic E-state index is 0.0576. The molecular weight excluding hydrogens is 496 g/mol. The molecule has 32 heavy (non-hydrogen) atoms. The maximum atomic E-state index is 12.2. The Morgan fingerprint density at radius 2 is 2.16 bits per heavy atom. The Kier molecular flexibility index (Phi) is 7.04. The number of hydrogen-bond donors (Lipinski definition) is 0. The summed E-state index contributed by atoms with van der Waals surface area (Å²) in [7, 11) is 3.74. The minimum atomic E-state index is -0.951. The first-order valence-corrected chi connectivity index (χ1v) is 11.6. The number of carbonyl (C=O) groups is 1. The number of halogens is 1. The zero-order chi connectivity index (χ0) is 22.6. The van der Waals surface area contributed by atoms with Crippen molar-refractivity contribution in [3.63, 3.8) is 0 Å². The lowest BCUT2D eigenvalue weighted by atomic mass is 10.1. The van der Waals surface area contributed by atoms with Crippen LogP contribution in [0.25, 0.3) is 0 Å². The van der Waals surface area contributed by atoms with Gasteiger partial charge in [-0.05, 0) is 52.3 Å². The van der Waals surface area contributed by atoms with Crippen LogP contribution in [0.1, 0.15) is 15.2 Å². The largest absolute Gasteiger partial charge is 0.491 e. The summed E-state index contributed by atoms with van der Waals surface area (Å²) >= 11 is 5.06. The highest BCUT2D eigenvalue weighted by Crippen LogP contribution is 2.40. The quantitative estimate of drug-likeness (QED) is 0.315. The molecule has 0 aliphatic carbocycles. The Morgan fingerprint density at radius 3 is 2.81 bits per heavy atom. The molecule has 2 unspecified atom stereocenters. The molecule has 1 aliphatic heterocycles. The van der Waals surface area contributed by atoms with Crippen molar-refractivity contribution in [2.75, 3.05) is 27.3 Å². The number of carbonyl (C=O) groups excluding carboxylic acids is 1. The van der Waals surface area contributed by atoms with E-state index in [-0.39, 0.29) is 11.9 Å². The van der Waals surface area contributed by atoms with Gasteiger partial charge in [-0.15, -0.1) is 11.3 Å². The number of ether oxygens (including phenoxy) is 3. The summed E-state index contributed by atoms with van der Waals surface area (Å²) in [5.41, 5.74) is 0.603. The lowest BCUT2D eigenvalue weighted by molar-refractivity contribution is -0.188. The fourth-order valence-corrected chi connectivity index (χ4v) is 4.67. The van der Waals surface area contributed by atoms with Crippen LogP contribution in [0.5, 0.6) is 5.75 Å². The van der Waals surface area contributed by atoms with Gasteiger partial charge in [-0.1, -0.05) is 0 Å². The number of aromatic nitrogens is 3. The van der Waals surface area contributed by atoms with Gasteiger partial charge in [0.2, 0.25) is 5.79 Å². The lowest BCUT2D eigenvalue weighted by Crippen LogP contribution is -2.33. The van der Waals surface area contributed by atoms with Gasteiger partial charge in [-0.2, -0.15) is 5.10 Å². The fraction of sp³-hybridized carbons (Fsp3) is 0.318. The summed E-state index contributed by atoms with van der Waals surface area (Å²) in [5.74, 6) is -0.347. The molecule has 168 valence electrons. The maximum Gasteiger partial charge on any atom is 0.225 e. The minimum Gasteiger partial charge on any atom is -0.491 e. The summed E-state index contributed by atoms with van der Waals surface area (Å²) in [6, 6.07) is 11.0. The molecule has 10 heteroatoms. The molecule has 0 spiro atoms. The number of benzene rings is 1. The molecule has 2 aromatic heterocycles. The standard InChI is InChI=1S/C22H23BrN4O4S/c1-26(2)10-9-19(28)16-3-5-17(6-4-16)29-11-18-12-30-22(31-18,13-27-15-24-14-25-27)20-7-8-21(23)32-20/h3-10,14-15,18H,11-13H2,1-2H3/b10-9+. The van der Waals surface area contributed by atoms with Crippen molar-refractivity contribution >= 4 is 33.0 Å². The maximum absolute atomic E-state index is 12.2. The Bertz CT molecular complexity index is 1070. The monoisotopic (exact) mass is 518 g/mol. The van der Waals surface area contributed by atoms with Crippen molar-refractivity contribution in [3.8, 4) is 5.75 Å². The predicted octanol–water partition coefficient (Wildman–Crippen LogP) is 3.71. The summed E-state index contributed by atoms with van der Waals surface area (Å²) < 4.78 is 21.1. The van der Waals surface area contributed by atoms with Gasteiger partial charge in [-0.25, -0.2) is 9.67 Å². The predicted molar refractivity (Wildman–Crippen MR) is 124 cm³/mol. The van der Waals surface area contributed by atoms with E-state index in [1.165, 1.54) is 12.4 Å². The summed E-state index contributed by atoms with van der Waals surface area (Å²) in [4.78, 5) is 18.9. The molecule has 1 fully saturated rings. The highest BCUT2D eigenvalue weighted by atomic mass is 79.9. The topological polar surface area (TPSA) is 78.7 Å². The van der Waals surface area contributed by atoms with Gasteiger partial charge in [0.05, 0.1) is 15.3 Å². The van der Waals surface area contributed by atoms with Crippen LogP contribution in [-0.4, -0.2) is 58.9 Å². The molecule has 3 aromatic rings. The summed E-state index contributed by atoms with van der Waals surface area (Å²) in [6.07, 6.45) is 6.12. The van der Waals surface area contributed by atoms with Gasteiger partial charge in [-0.3, -0.25) is 4.79 Å². The second-order valence-electron chi connectivity index (χ2n) is 7.48. The van der Waals surface area contributed by atoms with Crippen LogP contribution >= 0.6 is 27.3 Å². The Hall–Kier alpha value is -2.53. The van der Waals surface area contributed by atoms with Gasteiger partial charge in [0.25, 0.3) is 0 Å². The normalized spacial score (nSPS) is 20.7. The molecule has 0 bridgehead atoms. The van der Waals surface area contributed by atoms with Crippen LogP contribution in [-0.2, 0) is 21.8 Å². The number of hydrogen-bond acceptors (Lipinski definition) is 8. The second kappa shape index (κ2) is 9.95. The van der Waals surface area contributed by atoms with E-state index in [1.54, 1.807) is 52.8 Å². The highest BCUT2D eigenvalue weighted by Gasteiger charge is 2.45. The van der Waals surface area contributed by atoms with Gasteiger partial charge < -0.3 is 19.1 Å². The van der Waals surface area contributed by atoms with Crippen LogP contribution in [0.4, 0.5) is 0 Å². The zero-order valence-corrected chi connectivity index (χ0v) is 20.1. The molecule has 0 radical (unpaired) electrons. The van der Waals surface area contributed by atoms with Crippen molar-refractivity contribution < 1.29 is 19.0 Å². The van der Waals surface area contributed by atoms with Crippen LogP contribution in [0.15, 0.2) is 65.1 Å². The van der Waals surface area contributed by atoms with Crippen LogP contribution in [0, 0.1) is 0 Å².